The molecule has 2 rings (SSSR count). The summed E-state index contributed by atoms with van der Waals surface area (Å²) in [6, 6.07) is 15.5. The molecule has 0 unspecified atom stereocenters. The smallest absolute Gasteiger partial charge is 0.0446 e. The van der Waals surface area contributed by atoms with Gasteiger partial charge in [-0.15, -0.1) is 12.4 Å². The third kappa shape index (κ3) is 7.25. The number of benzene rings is 2. The molecule has 0 N–H and O–H groups in total. The maximum atomic E-state index is 2.59. The Morgan fingerprint density at radius 3 is 2.16 bits per heavy atom. The molecule has 0 aliphatic rings. The van der Waals surface area contributed by atoms with Gasteiger partial charge in [-0.25, -0.2) is 0 Å². The van der Waals surface area contributed by atoms with Crippen LogP contribution in [0.2, 0.25) is 0 Å². The van der Waals surface area contributed by atoms with Crippen molar-refractivity contribution in [2.45, 2.75) is 45.4 Å². The molecule has 0 heterocycles. The zero-order valence-corrected chi connectivity index (χ0v) is 17.0. The molecule has 2 aromatic carbocycles. The van der Waals surface area contributed by atoms with E-state index in [1.165, 1.54) is 55.0 Å². The van der Waals surface area contributed by atoms with Crippen molar-refractivity contribution in [2.24, 2.45) is 0 Å². The van der Waals surface area contributed by atoms with Crippen molar-refractivity contribution in [2.75, 3.05) is 38.6 Å². The molecule has 0 aliphatic heterocycles. The Balaban J connectivity index is 0.00000312. The highest BCUT2D eigenvalue weighted by Gasteiger charge is 2.10. The summed E-state index contributed by atoms with van der Waals surface area (Å²) in [4.78, 5) is 4.86. The van der Waals surface area contributed by atoms with Crippen LogP contribution in [-0.2, 0) is 0 Å². The molecule has 2 aromatic rings. The molecule has 0 saturated carbocycles. The molecule has 0 spiro atoms. The van der Waals surface area contributed by atoms with Crippen molar-refractivity contribution >= 4 is 28.9 Å². The lowest BCUT2D eigenvalue weighted by Crippen LogP contribution is -2.32. The van der Waals surface area contributed by atoms with Gasteiger partial charge in [0.25, 0.3) is 0 Å². The Hall–Kier alpha value is -1.25. The number of halogens is 1. The van der Waals surface area contributed by atoms with Crippen LogP contribution in [0.1, 0.15) is 45.4 Å². The van der Waals surface area contributed by atoms with E-state index in [0.29, 0.717) is 0 Å². The van der Waals surface area contributed by atoms with E-state index in [4.69, 9.17) is 0 Å². The normalized spacial score (nSPS) is 10.9. The molecule has 140 valence electrons. The molecule has 0 amide bonds. The van der Waals surface area contributed by atoms with Crippen LogP contribution in [-0.4, -0.2) is 38.6 Å². The average molecular weight is 363 g/mol. The first kappa shape index (κ1) is 21.8. The summed E-state index contributed by atoms with van der Waals surface area (Å²) in [5.41, 5.74) is 1.39. The molecule has 0 saturated heterocycles. The minimum absolute atomic E-state index is 0. The maximum Gasteiger partial charge on any atom is 0.0446 e. The molecule has 3 heteroatoms. The van der Waals surface area contributed by atoms with Crippen molar-refractivity contribution in [1.29, 1.82) is 0 Å². The zero-order valence-electron chi connectivity index (χ0n) is 16.2. The van der Waals surface area contributed by atoms with E-state index in [0.717, 1.165) is 19.6 Å². The van der Waals surface area contributed by atoms with E-state index < -0.39 is 0 Å². The fourth-order valence-electron chi connectivity index (χ4n) is 3.24. The second-order valence-electron chi connectivity index (χ2n) is 7.06. The van der Waals surface area contributed by atoms with Gasteiger partial charge in [-0.1, -0.05) is 75.4 Å². The van der Waals surface area contributed by atoms with E-state index in [-0.39, 0.29) is 12.4 Å². The van der Waals surface area contributed by atoms with Crippen molar-refractivity contribution in [3.05, 3.63) is 42.5 Å². The van der Waals surface area contributed by atoms with Crippen LogP contribution in [0.15, 0.2) is 42.5 Å². The third-order valence-corrected chi connectivity index (χ3v) is 4.71. The highest BCUT2D eigenvalue weighted by atomic mass is 35.5. The molecule has 0 fully saturated rings. The molecule has 0 aromatic heterocycles. The van der Waals surface area contributed by atoms with Crippen LogP contribution in [0.25, 0.3) is 10.8 Å². The summed E-state index contributed by atoms with van der Waals surface area (Å²) < 4.78 is 0. The predicted molar refractivity (Wildman–Crippen MR) is 115 cm³/mol. The van der Waals surface area contributed by atoms with Gasteiger partial charge in [0, 0.05) is 30.7 Å². The topological polar surface area (TPSA) is 6.48 Å². The van der Waals surface area contributed by atoms with Gasteiger partial charge in [0.1, 0.15) is 0 Å². The molecule has 0 aliphatic carbocycles. The first-order chi connectivity index (χ1) is 11.7. The fraction of sp³-hybridized carbons (Fsp3) is 0.545. The number of likely N-dealkylation sites (N-methyl/N-ethyl adjacent to an activating group) is 1. The Kier molecular flexibility index (Phi) is 10.6. The lowest BCUT2D eigenvalue weighted by Gasteiger charge is -2.28. The summed E-state index contributed by atoms with van der Waals surface area (Å²) in [6.45, 7) is 5.63. The predicted octanol–water partition coefficient (Wildman–Crippen LogP) is 5.99. The summed E-state index contributed by atoms with van der Waals surface area (Å²) >= 11 is 0. The standard InChI is InChI=1S/C22H34N2.ClH/c1-4-5-6-7-8-11-17-24(19-18-23(2)3)22-16-12-14-20-13-9-10-15-21(20)22;/h9-10,12-16H,4-8,11,17-19H2,1-3H3;1H. The number of nitrogens with zero attached hydrogens (tertiary/aromatic N) is 2. The summed E-state index contributed by atoms with van der Waals surface area (Å²) in [5, 5.41) is 2.72. The van der Waals surface area contributed by atoms with Crippen LogP contribution >= 0.6 is 12.4 Å². The maximum absolute atomic E-state index is 2.59. The van der Waals surface area contributed by atoms with Gasteiger partial charge in [0.2, 0.25) is 0 Å². The van der Waals surface area contributed by atoms with Gasteiger partial charge in [0.05, 0.1) is 0 Å². The number of anilines is 1. The Morgan fingerprint density at radius 2 is 1.40 bits per heavy atom. The lowest BCUT2D eigenvalue weighted by atomic mass is 10.1. The first-order valence-corrected chi connectivity index (χ1v) is 9.60. The van der Waals surface area contributed by atoms with Crippen LogP contribution in [0, 0.1) is 0 Å². The van der Waals surface area contributed by atoms with Crippen molar-refractivity contribution in [3.8, 4) is 0 Å². The number of hydrogen-bond acceptors (Lipinski definition) is 2. The number of hydrogen-bond donors (Lipinski definition) is 0. The fourth-order valence-corrected chi connectivity index (χ4v) is 3.24. The van der Waals surface area contributed by atoms with Gasteiger partial charge in [-0.3, -0.25) is 0 Å². The molecular formula is C22H35ClN2. The lowest BCUT2D eigenvalue weighted by molar-refractivity contribution is 0.412. The average Bonchev–Trinajstić information content (AvgIpc) is 2.60. The summed E-state index contributed by atoms with van der Waals surface area (Å²) in [7, 11) is 4.32. The van der Waals surface area contributed by atoms with E-state index in [1.54, 1.807) is 0 Å². The van der Waals surface area contributed by atoms with Gasteiger partial charge >= 0.3 is 0 Å². The minimum Gasteiger partial charge on any atom is -0.370 e. The number of rotatable bonds is 11. The third-order valence-electron chi connectivity index (χ3n) is 4.71. The van der Waals surface area contributed by atoms with E-state index in [2.05, 4.69) is 73.3 Å². The largest absolute Gasteiger partial charge is 0.370 e. The van der Waals surface area contributed by atoms with Crippen LogP contribution in [0.4, 0.5) is 5.69 Å². The van der Waals surface area contributed by atoms with Crippen molar-refractivity contribution in [1.82, 2.24) is 4.90 Å². The van der Waals surface area contributed by atoms with Crippen molar-refractivity contribution in [3.63, 3.8) is 0 Å². The number of fused-ring (bicyclic) bond motifs is 1. The van der Waals surface area contributed by atoms with Crippen LogP contribution in [0.3, 0.4) is 0 Å². The zero-order chi connectivity index (χ0) is 17.2. The highest BCUT2D eigenvalue weighted by Crippen LogP contribution is 2.27. The van der Waals surface area contributed by atoms with Gasteiger partial charge in [-0.2, -0.15) is 0 Å². The quantitative estimate of drug-likeness (QED) is 0.453. The first-order valence-electron chi connectivity index (χ1n) is 9.60. The SMILES string of the molecule is CCCCCCCCN(CCN(C)C)c1cccc2ccccc12.Cl. The molecule has 0 bridgehead atoms. The Labute approximate surface area is 160 Å². The van der Waals surface area contributed by atoms with Gasteiger partial charge in [0.15, 0.2) is 0 Å². The van der Waals surface area contributed by atoms with E-state index in [9.17, 15) is 0 Å². The van der Waals surface area contributed by atoms with E-state index in [1.807, 2.05) is 0 Å². The van der Waals surface area contributed by atoms with Gasteiger partial charge in [-0.05, 0) is 32.0 Å². The molecule has 25 heavy (non-hydrogen) atoms. The second kappa shape index (κ2) is 12.2. The summed E-state index contributed by atoms with van der Waals surface area (Å²) in [6.07, 6.45) is 8.12. The molecule has 0 atom stereocenters. The number of unbranched alkanes of at least 4 members (excludes halogenated alkanes) is 5. The Bertz CT molecular complexity index is 592. The van der Waals surface area contributed by atoms with Crippen LogP contribution < -0.4 is 4.90 Å². The van der Waals surface area contributed by atoms with Gasteiger partial charge < -0.3 is 9.80 Å². The molecule has 0 radical (unpaired) electrons. The van der Waals surface area contributed by atoms with Crippen LogP contribution in [0.5, 0.6) is 0 Å². The molecule has 2 nitrogen and oxygen atoms in total. The molecular weight excluding hydrogens is 328 g/mol. The summed E-state index contributed by atoms with van der Waals surface area (Å²) in [5.74, 6) is 0. The second-order valence-corrected chi connectivity index (χ2v) is 7.06. The Morgan fingerprint density at radius 1 is 0.720 bits per heavy atom. The highest BCUT2D eigenvalue weighted by molar-refractivity contribution is 5.94. The minimum atomic E-state index is 0. The monoisotopic (exact) mass is 362 g/mol. The van der Waals surface area contributed by atoms with E-state index >= 15 is 0 Å². The van der Waals surface area contributed by atoms with Crippen molar-refractivity contribution < 1.29 is 0 Å².